The van der Waals surface area contributed by atoms with Gasteiger partial charge < -0.3 is 4.74 Å². The SMILES string of the molecule is C=CCn1nnc(C#N)c1COc1ccc(C)cc1. The highest BCUT2D eigenvalue weighted by molar-refractivity contribution is 5.28. The van der Waals surface area contributed by atoms with Crippen LogP contribution in [0.15, 0.2) is 36.9 Å². The highest BCUT2D eigenvalue weighted by Gasteiger charge is 2.12. The van der Waals surface area contributed by atoms with Gasteiger partial charge in [0.25, 0.3) is 0 Å². The predicted molar refractivity (Wildman–Crippen MR) is 70.4 cm³/mol. The van der Waals surface area contributed by atoms with E-state index in [1.54, 1.807) is 10.8 Å². The Morgan fingerprint density at radius 1 is 1.42 bits per heavy atom. The third-order valence-electron chi connectivity index (χ3n) is 2.64. The number of nitrogens with zero attached hydrogens (tertiary/aromatic N) is 4. The van der Waals surface area contributed by atoms with Gasteiger partial charge in [0.15, 0.2) is 5.69 Å². The van der Waals surface area contributed by atoms with Crippen molar-refractivity contribution in [3.63, 3.8) is 0 Å². The van der Waals surface area contributed by atoms with Crippen LogP contribution < -0.4 is 4.74 Å². The molecule has 0 atom stereocenters. The number of nitriles is 1. The molecule has 5 heteroatoms. The van der Waals surface area contributed by atoms with Gasteiger partial charge in [0, 0.05) is 0 Å². The van der Waals surface area contributed by atoms with Gasteiger partial charge in [0.2, 0.25) is 0 Å². The van der Waals surface area contributed by atoms with E-state index in [9.17, 15) is 0 Å². The number of aryl methyl sites for hydroxylation is 1. The quantitative estimate of drug-likeness (QED) is 0.767. The Balaban J connectivity index is 2.14. The van der Waals surface area contributed by atoms with E-state index >= 15 is 0 Å². The van der Waals surface area contributed by atoms with Crippen LogP contribution in [0.2, 0.25) is 0 Å². The molecule has 0 unspecified atom stereocenters. The summed E-state index contributed by atoms with van der Waals surface area (Å²) in [5.74, 6) is 0.751. The molecule has 0 N–H and O–H groups in total. The van der Waals surface area contributed by atoms with E-state index in [2.05, 4.69) is 16.9 Å². The second-order valence-corrected chi connectivity index (χ2v) is 4.07. The molecular weight excluding hydrogens is 240 g/mol. The second kappa shape index (κ2) is 5.83. The topological polar surface area (TPSA) is 63.7 Å². The Kier molecular flexibility index (Phi) is 3.94. The largest absolute Gasteiger partial charge is 0.487 e. The lowest BCUT2D eigenvalue weighted by Crippen LogP contribution is -2.07. The van der Waals surface area contributed by atoms with Crippen LogP contribution in [0, 0.1) is 18.3 Å². The zero-order chi connectivity index (χ0) is 13.7. The summed E-state index contributed by atoms with van der Waals surface area (Å²) in [5.41, 5.74) is 2.11. The lowest BCUT2D eigenvalue weighted by molar-refractivity contribution is 0.293. The van der Waals surface area contributed by atoms with Crippen molar-refractivity contribution < 1.29 is 4.74 Å². The summed E-state index contributed by atoms with van der Waals surface area (Å²) in [4.78, 5) is 0. The van der Waals surface area contributed by atoms with E-state index < -0.39 is 0 Å². The zero-order valence-electron chi connectivity index (χ0n) is 10.7. The molecule has 2 aromatic rings. The molecule has 1 aromatic carbocycles. The van der Waals surface area contributed by atoms with Crippen LogP contribution >= 0.6 is 0 Å². The van der Waals surface area contributed by atoms with Gasteiger partial charge in [-0.05, 0) is 19.1 Å². The molecule has 0 saturated carbocycles. The lowest BCUT2D eigenvalue weighted by Gasteiger charge is -2.07. The normalized spacial score (nSPS) is 9.89. The average molecular weight is 254 g/mol. The first-order valence-electron chi connectivity index (χ1n) is 5.87. The van der Waals surface area contributed by atoms with Gasteiger partial charge in [-0.2, -0.15) is 5.26 Å². The third-order valence-corrected chi connectivity index (χ3v) is 2.64. The Labute approximate surface area is 111 Å². The maximum atomic E-state index is 8.99. The fourth-order valence-corrected chi connectivity index (χ4v) is 1.62. The van der Waals surface area contributed by atoms with Crippen molar-refractivity contribution in [2.75, 3.05) is 0 Å². The van der Waals surface area contributed by atoms with E-state index in [-0.39, 0.29) is 12.3 Å². The summed E-state index contributed by atoms with van der Waals surface area (Å²) >= 11 is 0. The van der Waals surface area contributed by atoms with Gasteiger partial charge in [-0.15, -0.1) is 11.7 Å². The van der Waals surface area contributed by atoms with Crippen LogP contribution in [0.3, 0.4) is 0 Å². The number of rotatable bonds is 5. The molecule has 5 nitrogen and oxygen atoms in total. The predicted octanol–water partition coefficient (Wildman–Crippen LogP) is 2.22. The van der Waals surface area contributed by atoms with E-state index in [4.69, 9.17) is 10.00 Å². The first-order valence-corrected chi connectivity index (χ1v) is 5.87. The molecule has 2 rings (SSSR count). The Morgan fingerprint density at radius 2 is 2.16 bits per heavy atom. The summed E-state index contributed by atoms with van der Waals surface area (Å²) in [6.07, 6.45) is 1.70. The van der Waals surface area contributed by atoms with Crippen molar-refractivity contribution >= 4 is 0 Å². The number of allylic oxidation sites excluding steroid dienone is 1. The summed E-state index contributed by atoms with van der Waals surface area (Å²) in [6, 6.07) is 9.74. The number of hydrogen-bond acceptors (Lipinski definition) is 4. The van der Waals surface area contributed by atoms with Gasteiger partial charge in [0.05, 0.1) is 6.54 Å². The molecule has 19 heavy (non-hydrogen) atoms. The maximum absolute atomic E-state index is 8.99. The summed E-state index contributed by atoms with van der Waals surface area (Å²) < 4.78 is 7.26. The molecule has 0 aliphatic heterocycles. The highest BCUT2D eigenvalue weighted by Crippen LogP contribution is 2.14. The Morgan fingerprint density at radius 3 is 2.79 bits per heavy atom. The van der Waals surface area contributed by atoms with Crippen LogP contribution in [-0.4, -0.2) is 15.0 Å². The van der Waals surface area contributed by atoms with Crippen molar-refractivity contribution in [1.29, 1.82) is 5.26 Å². The van der Waals surface area contributed by atoms with E-state index in [0.717, 1.165) is 5.75 Å². The van der Waals surface area contributed by atoms with Crippen molar-refractivity contribution in [1.82, 2.24) is 15.0 Å². The Bertz CT molecular complexity index is 607. The minimum atomic E-state index is 0.257. The van der Waals surface area contributed by atoms with Gasteiger partial charge in [-0.1, -0.05) is 29.0 Å². The summed E-state index contributed by atoms with van der Waals surface area (Å²) in [5, 5.41) is 16.7. The maximum Gasteiger partial charge on any atom is 0.189 e. The second-order valence-electron chi connectivity index (χ2n) is 4.07. The lowest BCUT2D eigenvalue weighted by atomic mass is 10.2. The van der Waals surface area contributed by atoms with Crippen LogP contribution in [0.1, 0.15) is 17.0 Å². The molecule has 0 saturated heterocycles. The van der Waals surface area contributed by atoms with Crippen LogP contribution in [-0.2, 0) is 13.2 Å². The molecule has 0 radical (unpaired) electrons. The fraction of sp³-hybridized carbons (Fsp3) is 0.214. The van der Waals surface area contributed by atoms with E-state index in [1.165, 1.54) is 5.56 Å². The molecule has 0 amide bonds. The van der Waals surface area contributed by atoms with Gasteiger partial charge >= 0.3 is 0 Å². The van der Waals surface area contributed by atoms with Crippen LogP contribution in [0.4, 0.5) is 0 Å². The van der Waals surface area contributed by atoms with E-state index in [1.807, 2.05) is 37.3 Å². The van der Waals surface area contributed by atoms with Gasteiger partial charge in [-0.3, -0.25) is 0 Å². The van der Waals surface area contributed by atoms with Gasteiger partial charge in [0.1, 0.15) is 24.1 Å². The molecule has 96 valence electrons. The first-order chi connectivity index (χ1) is 9.24. The minimum absolute atomic E-state index is 0.257. The minimum Gasteiger partial charge on any atom is -0.487 e. The van der Waals surface area contributed by atoms with Crippen molar-refractivity contribution in [3.8, 4) is 11.8 Å². The molecule has 0 aliphatic rings. The molecule has 0 spiro atoms. The number of ether oxygens (including phenoxy) is 1. The number of benzene rings is 1. The van der Waals surface area contributed by atoms with Crippen LogP contribution in [0.5, 0.6) is 5.75 Å². The molecule has 0 bridgehead atoms. The van der Waals surface area contributed by atoms with Crippen molar-refractivity contribution in [2.24, 2.45) is 0 Å². The molecule has 0 fully saturated rings. The highest BCUT2D eigenvalue weighted by atomic mass is 16.5. The summed E-state index contributed by atoms with van der Waals surface area (Å²) in [6.45, 7) is 6.42. The fourth-order valence-electron chi connectivity index (χ4n) is 1.62. The molecular formula is C14H14N4O. The van der Waals surface area contributed by atoms with Crippen LogP contribution in [0.25, 0.3) is 0 Å². The summed E-state index contributed by atoms with van der Waals surface area (Å²) in [7, 11) is 0. The molecule has 0 aliphatic carbocycles. The zero-order valence-corrected chi connectivity index (χ0v) is 10.7. The van der Waals surface area contributed by atoms with E-state index in [0.29, 0.717) is 12.2 Å². The first kappa shape index (κ1) is 12.8. The monoisotopic (exact) mass is 254 g/mol. The standard InChI is InChI=1S/C14H14N4O/c1-3-8-18-14(13(9-15)16-17-18)10-19-12-6-4-11(2)5-7-12/h3-7H,1,8,10H2,2H3. The third kappa shape index (κ3) is 2.99. The molecule has 1 heterocycles. The number of hydrogen-bond donors (Lipinski definition) is 0. The smallest absolute Gasteiger partial charge is 0.189 e. The average Bonchev–Trinajstić information content (AvgIpc) is 2.81. The Hall–Kier alpha value is -2.61. The van der Waals surface area contributed by atoms with Gasteiger partial charge in [-0.25, -0.2) is 4.68 Å². The number of aromatic nitrogens is 3. The van der Waals surface area contributed by atoms with Crippen molar-refractivity contribution in [3.05, 3.63) is 53.9 Å². The van der Waals surface area contributed by atoms with Crippen molar-refractivity contribution in [2.45, 2.75) is 20.1 Å². The molecule has 1 aromatic heterocycles.